The second-order valence-corrected chi connectivity index (χ2v) is 3.55. The summed E-state index contributed by atoms with van der Waals surface area (Å²) in [7, 11) is 0. The molecule has 0 unspecified atom stereocenters. The van der Waals surface area contributed by atoms with Crippen LogP contribution in [-0.2, 0) is 0 Å². The van der Waals surface area contributed by atoms with Crippen molar-refractivity contribution in [2.45, 2.75) is 13.8 Å². The van der Waals surface area contributed by atoms with Crippen LogP contribution in [0.3, 0.4) is 0 Å². The number of imidazole rings is 1. The van der Waals surface area contributed by atoms with Crippen molar-refractivity contribution in [1.82, 2.24) is 14.4 Å². The first-order chi connectivity index (χ1) is 7.13. The van der Waals surface area contributed by atoms with Gasteiger partial charge in [-0.05, 0) is 31.6 Å². The lowest BCUT2D eigenvalue weighted by Gasteiger charge is -2.07. The van der Waals surface area contributed by atoms with Crippen LogP contribution in [0.5, 0.6) is 0 Å². The van der Waals surface area contributed by atoms with Crippen molar-refractivity contribution in [2.24, 2.45) is 0 Å². The number of aryl methyl sites for hydroxylation is 1. The van der Waals surface area contributed by atoms with E-state index in [0.717, 1.165) is 28.4 Å². The van der Waals surface area contributed by atoms with Gasteiger partial charge in [-0.2, -0.15) is 0 Å². The Balaban J connectivity index is 2.89. The van der Waals surface area contributed by atoms with Crippen LogP contribution in [0, 0.1) is 6.92 Å². The van der Waals surface area contributed by atoms with Gasteiger partial charge in [0.2, 0.25) is 0 Å². The summed E-state index contributed by atoms with van der Waals surface area (Å²) in [4.78, 5) is 8.64. The smallest absolute Gasteiger partial charge is 0.157 e. The maximum Gasteiger partial charge on any atom is 0.157 e. The van der Waals surface area contributed by atoms with Gasteiger partial charge in [-0.15, -0.1) is 0 Å². The molecule has 2 aromatic rings. The van der Waals surface area contributed by atoms with Gasteiger partial charge in [0, 0.05) is 0 Å². The molecule has 0 bridgehead atoms. The minimum atomic E-state index is 0.836. The standard InChI is InChI=1S/C12H13N3/c1-5-10-6-11(8(2)3)15-9(4)13-7-12(15)14-10/h5-7H,1-2H2,3-4H3. The molecule has 0 fully saturated rings. The third-order valence-corrected chi connectivity index (χ3v) is 2.34. The zero-order valence-corrected chi connectivity index (χ0v) is 8.99. The predicted octanol–water partition coefficient (Wildman–Crippen LogP) is 2.71. The minimum absolute atomic E-state index is 0.836. The summed E-state index contributed by atoms with van der Waals surface area (Å²) in [6.45, 7) is 11.6. The monoisotopic (exact) mass is 199 g/mol. The quantitative estimate of drug-likeness (QED) is 0.744. The average Bonchev–Trinajstić information content (AvgIpc) is 2.59. The lowest BCUT2D eigenvalue weighted by atomic mass is 10.2. The molecule has 0 radical (unpaired) electrons. The van der Waals surface area contributed by atoms with Gasteiger partial charge in [-0.3, -0.25) is 4.40 Å². The van der Waals surface area contributed by atoms with Gasteiger partial charge in [0.1, 0.15) is 5.82 Å². The number of fused-ring (bicyclic) bond motifs is 1. The Bertz CT molecular complexity index is 549. The molecule has 2 aromatic heterocycles. The number of aromatic nitrogens is 3. The summed E-state index contributed by atoms with van der Waals surface area (Å²) in [5, 5.41) is 0. The van der Waals surface area contributed by atoms with Gasteiger partial charge in [0.25, 0.3) is 0 Å². The lowest BCUT2D eigenvalue weighted by molar-refractivity contribution is 1.00. The summed E-state index contributed by atoms with van der Waals surface area (Å²) in [5.74, 6) is 0.922. The van der Waals surface area contributed by atoms with Crippen LogP contribution in [0.25, 0.3) is 17.3 Å². The van der Waals surface area contributed by atoms with Crippen molar-refractivity contribution in [2.75, 3.05) is 0 Å². The maximum atomic E-state index is 4.40. The Labute approximate surface area is 88.8 Å². The SMILES string of the molecule is C=Cc1cc(C(=C)C)n2c(C)ncc2n1. The van der Waals surface area contributed by atoms with E-state index < -0.39 is 0 Å². The Hall–Kier alpha value is -1.90. The Morgan fingerprint density at radius 2 is 2.27 bits per heavy atom. The van der Waals surface area contributed by atoms with Crippen molar-refractivity contribution in [3.05, 3.63) is 42.6 Å². The van der Waals surface area contributed by atoms with E-state index in [4.69, 9.17) is 0 Å². The zero-order chi connectivity index (χ0) is 11.0. The van der Waals surface area contributed by atoms with E-state index in [1.807, 2.05) is 24.3 Å². The highest BCUT2D eigenvalue weighted by Crippen LogP contribution is 2.17. The highest BCUT2D eigenvalue weighted by molar-refractivity contribution is 5.64. The summed E-state index contributed by atoms with van der Waals surface area (Å²) >= 11 is 0. The Morgan fingerprint density at radius 1 is 1.53 bits per heavy atom. The van der Waals surface area contributed by atoms with Crippen molar-refractivity contribution in [1.29, 1.82) is 0 Å². The molecule has 76 valence electrons. The molecule has 0 atom stereocenters. The van der Waals surface area contributed by atoms with Crippen LogP contribution >= 0.6 is 0 Å². The highest BCUT2D eigenvalue weighted by atomic mass is 15.1. The van der Waals surface area contributed by atoms with E-state index in [0.29, 0.717) is 0 Å². The third-order valence-electron chi connectivity index (χ3n) is 2.34. The van der Waals surface area contributed by atoms with Crippen LogP contribution in [0.15, 0.2) is 25.4 Å². The number of hydrogen-bond donors (Lipinski definition) is 0. The molecular formula is C12H13N3. The summed E-state index contributed by atoms with van der Waals surface area (Å²) < 4.78 is 2.00. The summed E-state index contributed by atoms with van der Waals surface area (Å²) in [5.41, 5.74) is 3.71. The topological polar surface area (TPSA) is 30.2 Å². The molecule has 0 amide bonds. The molecule has 3 nitrogen and oxygen atoms in total. The lowest BCUT2D eigenvalue weighted by Crippen LogP contribution is -1.99. The van der Waals surface area contributed by atoms with Crippen LogP contribution < -0.4 is 0 Å². The number of hydrogen-bond acceptors (Lipinski definition) is 2. The van der Waals surface area contributed by atoms with E-state index in [1.165, 1.54) is 0 Å². The fraction of sp³-hybridized carbons (Fsp3) is 0.167. The van der Waals surface area contributed by atoms with Crippen LogP contribution in [0.4, 0.5) is 0 Å². The normalized spacial score (nSPS) is 10.5. The first kappa shape index (κ1) is 9.65. The highest BCUT2D eigenvalue weighted by Gasteiger charge is 2.07. The van der Waals surface area contributed by atoms with E-state index in [9.17, 15) is 0 Å². The van der Waals surface area contributed by atoms with E-state index in [2.05, 4.69) is 23.1 Å². The van der Waals surface area contributed by atoms with Gasteiger partial charge >= 0.3 is 0 Å². The Kier molecular flexibility index (Phi) is 2.15. The van der Waals surface area contributed by atoms with E-state index in [-0.39, 0.29) is 0 Å². The van der Waals surface area contributed by atoms with Crippen LogP contribution in [-0.4, -0.2) is 14.4 Å². The molecule has 0 saturated heterocycles. The van der Waals surface area contributed by atoms with E-state index in [1.54, 1.807) is 12.3 Å². The minimum Gasteiger partial charge on any atom is -0.281 e. The van der Waals surface area contributed by atoms with Gasteiger partial charge in [0.15, 0.2) is 5.65 Å². The number of allylic oxidation sites excluding steroid dienone is 1. The van der Waals surface area contributed by atoms with Crippen LogP contribution in [0.1, 0.15) is 24.1 Å². The van der Waals surface area contributed by atoms with Gasteiger partial charge in [0.05, 0.1) is 17.6 Å². The molecule has 15 heavy (non-hydrogen) atoms. The van der Waals surface area contributed by atoms with E-state index >= 15 is 0 Å². The Morgan fingerprint density at radius 3 is 2.87 bits per heavy atom. The van der Waals surface area contributed by atoms with Crippen molar-refractivity contribution < 1.29 is 0 Å². The molecular weight excluding hydrogens is 186 g/mol. The molecule has 0 spiro atoms. The van der Waals surface area contributed by atoms with Gasteiger partial charge in [-0.25, -0.2) is 9.97 Å². The summed E-state index contributed by atoms with van der Waals surface area (Å²) in [6, 6.07) is 1.97. The van der Waals surface area contributed by atoms with Gasteiger partial charge in [-0.1, -0.05) is 13.2 Å². The maximum absolute atomic E-state index is 4.40. The van der Waals surface area contributed by atoms with Crippen molar-refractivity contribution in [3.63, 3.8) is 0 Å². The predicted molar refractivity (Wildman–Crippen MR) is 62.5 cm³/mol. The fourth-order valence-corrected chi connectivity index (χ4v) is 1.60. The van der Waals surface area contributed by atoms with Gasteiger partial charge < -0.3 is 0 Å². The summed E-state index contributed by atoms with van der Waals surface area (Å²) in [6.07, 6.45) is 3.49. The molecule has 2 heterocycles. The number of nitrogens with zero attached hydrogens (tertiary/aromatic N) is 3. The van der Waals surface area contributed by atoms with Crippen molar-refractivity contribution in [3.8, 4) is 0 Å². The fourth-order valence-electron chi connectivity index (χ4n) is 1.60. The molecule has 0 aliphatic heterocycles. The molecule has 0 N–H and O–H groups in total. The second kappa shape index (κ2) is 3.35. The first-order valence-electron chi connectivity index (χ1n) is 4.77. The zero-order valence-electron chi connectivity index (χ0n) is 8.99. The molecule has 3 heteroatoms. The third kappa shape index (κ3) is 1.46. The molecule has 0 aliphatic carbocycles. The largest absolute Gasteiger partial charge is 0.281 e. The second-order valence-electron chi connectivity index (χ2n) is 3.55. The van der Waals surface area contributed by atoms with Crippen molar-refractivity contribution >= 4 is 17.3 Å². The number of rotatable bonds is 2. The first-order valence-corrected chi connectivity index (χ1v) is 4.77. The molecule has 0 saturated carbocycles. The molecule has 0 aliphatic rings. The molecule has 0 aromatic carbocycles. The average molecular weight is 199 g/mol. The molecule has 2 rings (SSSR count). The van der Waals surface area contributed by atoms with Crippen LogP contribution in [0.2, 0.25) is 0 Å².